The predicted molar refractivity (Wildman–Crippen MR) is 101 cm³/mol. The number of halogens is 1. The minimum atomic E-state index is -0.192. The lowest BCUT2D eigenvalue weighted by Gasteiger charge is -2.27. The molecule has 0 bridgehead atoms. The van der Waals surface area contributed by atoms with Crippen molar-refractivity contribution in [2.75, 3.05) is 20.1 Å². The molecule has 2 aromatic rings. The number of nitrogens with zero attached hydrogens (tertiary/aromatic N) is 3. The van der Waals surface area contributed by atoms with Crippen LogP contribution in [0, 0.1) is 5.82 Å². The summed E-state index contributed by atoms with van der Waals surface area (Å²) < 4.78 is 15.5. The maximum absolute atomic E-state index is 13.4. The van der Waals surface area contributed by atoms with E-state index in [4.69, 9.17) is 0 Å². The van der Waals surface area contributed by atoms with Crippen LogP contribution in [0.15, 0.2) is 30.3 Å². The highest BCUT2D eigenvalue weighted by Gasteiger charge is 2.24. The normalized spacial score (nSPS) is 14.3. The maximum atomic E-state index is 13.4. The van der Waals surface area contributed by atoms with Gasteiger partial charge in [-0.3, -0.25) is 9.69 Å². The maximum Gasteiger partial charge on any atom is 0.270 e. The Morgan fingerprint density at radius 2 is 2.12 bits per heavy atom. The van der Waals surface area contributed by atoms with E-state index in [1.165, 1.54) is 17.3 Å². The van der Waals surface area contributed by atoms with Crippen LogP contribution in [-0.4, -0.2) is 40.4 Å². The first-order valence-corrected chi connectivity index (χ1v) is 9.39. The van der Waals surface area contributed by atoms with Crippen LogP contribution in [0.2, 0.25) is 0 Å². The average molecular weight is 357 g/mol. The van der Waals surface area contributed by atoms with Crippen molar-refractivity contribution in [1.82, 2.24) is 14.4 Å². The number of aromatic nitrogens is 1. The van der Waals surface area contributed by atoms with Crippen molar-refractivity contribution >= 4 is 5.91 Å². The monoisotopic (exact) mass is 357 g/mol. The van der Waals surface area contributed by atoms with Crippen LogP contribution >= 0.6 is 0 Å². The molecule has 3 rings (SSSR count). The second-order valence-corrected chi connectivity index (χ2v) is 7.23. The molecule has 0 saturated heterocycles. The predicted octanol–water partition coefficient (Wildman–Crippen LogP) is 3.59. The molecule has 1 aliphatic rings. The lowest BCUT2D eigenvalue weighted by molar-refractivity contribution is 0.0783. The molecular weight excluding hydrogens is 329 g/mol. The molecule has 0 radical (unpaired) electrons. The zero-order valence-electron chi connectivity index (χ0n) is 16.0. The number of hydrogen-bond acceptors (Lipinski definition) is 2. The molecule has 5 heteroatoms. The number of carbonyl (C=O) groups excluding carboxylic acids is 1. The van der Waals surface area contributed by atoms with Crippen LogP contribution in [0.5, 0.6) is 0 Å². The Hall–Kier alpha value is -2.14. The van der Waals surface area contributed by atoms with Crippen LogP contribution in [0.25, 0.3) is 0 Å². The topological polar surface area (TPSA) is 28.5 Å². The van der Waals surface area contributed by atoms with Gasteiger partial charge in [0, 0.05) is 52.4 Å². The van der Waals surface area contributed by atoms with E-state index in [1.807, 2.05) is 31.1 Å². The number of hydrogen-bond donors (Lipinski definition) is 0. The van der Waals surface area contributed by atoms with Gasteiger partial charge in [0.2, 0.25) is 0 Å². The van der Waals surface area contributed by atoms with Crippen molar-refractivity contribution in [3.05, 3.63) is 58.7 Å². The molecule has 1 amide bonds. The smallest absolute Gasteiger partial charge is 0.270 e. The van der Waals surface area contributed by atoms with Gasteiger partial charge in [-0.15, -0.1) is 0 Å². The Morgan fingerprint density at radius 1 is 1.31 bits per heavy atom. The zero-order valence-corrected chi connectivity index (χ0v) is 16.0. The molecule has 0 aliphatic carbocycles. The standard InChI is InChI=1S/C21H28FN3O/c1-4-5-10-23(2)21(26)20-13-17-15-25(11-9-19(17)24(20)3)14-16-7-6-8-18(22)12-16/h6-8,12-13H,4-5,9-11,14-15H2,1-3H3. The van der Waals surface area contributed by atoms with Crippen molar-refractivity contribution in [3.63, 3.8) is 0 Å². The van der Waals surface area contributed by atoms with E-state index in [2.05, 4.69) is 16.4 Å². The third-order valence-corrected chi connectivity index (χ3v) is 5.21. The first-order valence-electron chi connectivity index (χ1n) is 9.39. The van der Waals surface area contributed by atoms with E-state index in [1.54, 1.807) is 12.1 Å². The highest BCUT2D eigenvalue weighted by atomic mass is 19.1. The summed E-state index contributed by atoms with van der Waals surface area (Å²) in [5.74, 6) is -0.102. The van der Waals surface area contributed by atoms with Gasteiger partial charge < -0.3 is 9.47 Å². The van der Waals surface area contributed by atoms with E-state index in [0.717, 1.165) is 56.7 Å². The molecule has 0 fully saturated rings. The van der Waals surface area contributed by atoms with Crippen LogP contribution in [0.4, 0.5) is 4.39 Å². The summed E-state index contributed by atoms with van der Waals surface area (Å²) in [5, 5.41) is 0. The largest absolute Gasteiger partial charge is 0.343 e. The third kappa shape index (κ3) is 3.98. The van der Waals surface area contributed by atoms with Gasteiger partial charge in [0.25, 0.3) is 5.91 Å². The van der Waals surface area contributed by atoms with Gasteiger partial charge in [-0.25, -0.2) is 4.39 Å². The molecule has 2 heterocycles. The molecule has 1 aromatic heterocycles. The SMILES string of the molecule is CCCCN(C)C(=O)c1cc2c(n1C)CCN(Cc1cccc(F)c1)C2. The van der Waals surface area contributed by atoms with Gasteiger partial charge in [0.1, 0.15) is 11.5 Å². The van der Waals surface area contributed by atoms with Crippen molar-refractivity contribution in [3.8, 4) is 0 Å². The van der Waals surface area contributed by atoms with Gasteiger partial charge in [0.15, 0.2) is 0 Å². The van der Waals surface area contributed by atoms with E-state index in [-0.39, 0.29) is 11.7 Å². The average Bonchev–Trinajstić information content (AvgIpc) is 2.95. The molecule has 0 atom stereocenters. The van der Waals surface area contributed by atoms with E-state index < -0.39 is 0 Å². The number of amides is 1. The fraction of sp³-hybridized carbons (Fsp3) is 0.476. The summed E-state index contributed by atoms with van der Waals surface area (Å²) in [7, 11) is 3.86. The summed E-state index contributed by atoms with van der Waals surface area (Å²) in [6.45, 7) is 5.36. The fourth-order valence-electron chi connectivity index (χ4n) is 3.68. The molecule has 0 N–H and O–H groups in total. The van der Waals surface area contributed by atoms with E-state index in [0.29, 0.717) is 0 Å². The van der Waals surface area contributed by atoms with E-state index >= 15 is 0 Å². The van der Waals surface area contributed by atoms with Crippen molar-refractivity contribution in [2.45, 2.75) is 39.3 Å². The first-order chi connectivity index (χ1) is 12.5. The number of benzene rings is 1. The van der Waals surface area contributed by atoms with Crippen LogP contribution in [-0.2, 0) is 26.6 Å². The minimum absolute atomic E-state index is 0.0898. The van der Waals surface area contributed by atoms with E-state index in [9.17, 15) is 9.18 Å². The molecule has 1 aliphatic heterocycles. The molecule has 1 aromatic carbocycles. The highest BCUT2D eigenvalue weighted by molar-refractivity contribution is 5.93. The van der Waals surface area contributed by atoms with Crippen molar-refractivity contribution in [1.29, 1.82) is 0 Å². The van der Waals surface area contributed by atoms with Gasteiger partial charge in [0.05, 0.1) is 0 Å². The Kier molecular flexibility index (Phi) is 5.77. The van der Waals surface area contributed by atoms with Crippen LogP contribution in [0.3, 0.4) is 0 Å². The van der Waals surface area contributed by atoms with Crippen LogP contribution < -0.4 is 0 Å². The van der Waals surface area contributed by atoms with Crippen molar-refractivity contribution in [2.24, 2.45) is 7.05 Å². The van der Waals surface area contributed by atoms with Gasteiger partial charge in [-0.1, -0.05) is 25.5 Å². The number of rotatable bonds is 6. The Labute approximate surface area is 155 Å². The molecule has 0 saturated carbocycles. The lowest BCUT2D eigenvalue weighted by atomic mass is 10.1. The number of fused-ring (bicyclic) bond motifs is 1. The third-order valence-electron chi connectivity index (χ3n) is 5.21. The Balaban J connectivity index is 1.72. The van der Waals surface area contributed by atoms with Gasteiger partial charge in [-0.2, -0.15) is 0 Å². The fourth-order valence-corrected chi connectivity index (χ4v) is 3.68. The molecule has 0 unspecified atom stereocenters. The summed E-state index contributed by atoms with van der Waals surface area (Å²) in [5.41, 5.74) is 4.20. The molecule has 4 nitrogen and oxygen atoms in total. The zero-order chi connectivity index (χ0) is 18.7. The molecule has 0 spiro atoms. The summed E-state index contributed by atoms with van der Waals surface area (Å²) in [6.07, 6.45) is 3.01. The lowest BCUT2D eigenvalue weighted by Crippen LogP contribution is -2.31. The molecule has 26 heavy (non-hydrogen) atoms. The minimum Gasteiger partial charge on any atom is -0.343 e. The second kappa shape index (κ2) is 8.04. The van der Waals surface area contributed by atoms with Gasteiger partial charge >= 0.3 is 0 Å². The van der Waals surface area contributed by atoms with Crippen LogP contribution in [0.1, 0.15) is 47.1 Å². The number of carbonyl (C=O) groups is 1. The summed E-state index contributed by atoms with van der Waals surface area (Å²) in [4.78, 5) is 16.9. The quantitative estimate of drug-likeness (QED) is 0.790. The summed E-state index contributed by atoms with van der Waals surface area (Å²) in [6, 6.07) is 8.82. The van der Waals surface area contributed by atoms with Gasteiger partial charge in [-0.05, 0) is 35.7 Å². The second-order valence-electron chi connectivity index (χ2n) is 7.23. The van der Waals surface area contributed by atoms with Crippen molar-refractivity contribution < 1.29 is 9.18 Å². The first kappa shape index (κ1) is 18.6. The molecule has 140 valence electrons. The highest BCUT2D eigenvalue weighted by Crippen LogP contribution is 2.24. The summed E-state index contributed by atoms with van der Waals surface area (Å²) >= 11 is 0. The number of unbranched alkanes of at least 4 members (excludes halogenated alkanes) is 1. The Bertz CT molecular complexity index is 784. The Morgan fingerprint density at radius 3 is 2.85 bits per heavy atom. The molecular formula is C21H28FN3O.